The SMILES string of the molecule is Cc1ccc(C)c(NC(=O)Cc2ccc(N)cc2)c1. The second-order valence-electron chi connectivity index (χ2n) is 4.78. The number of amides is 1. The summed E-state index contributed by atoms with van der Waals surface area (Å²) in [4.78, 5) is 12.0. The lowest BCUT2D eigenvalue weighted by molar-refractivity contribution is -0.115. The summed E-state index contributed by atoms with van der Waals surface area (Å²) < 4.78 is 0. The summed E-state index contributed by atoms with van der Waals surface area (Å²) in [5.74, 6) is -0.0153. The van der Waals surface area contributed by atoms with Gasteiger partial charge in [-0.05, 0) is 48.7 Å². The molecule has 0 heterocycles. The summed E-state index contributed by atoms with van der Waals surface area (Å²) >= 11 is 0. The lowest BCUT2D eigenvalue weighted by atomic mass is 10.1. The minimum atomic E-state index is -0.0153. The van der Waals surface area contributed by atoms with Crippen molar-refractivity contribution in [3.8, 4) is 0 Å². The molecular weight excluding hydrogens is 236 g/mol. The van der Waals surface area contributed by atoms with Crippen LogP contribution in [0.1, 0.15) is 16.7 Å². The Morgan fingerprint density at radius 2 is 1.79 bits per heavy atom. The molecule has 3 nitrogen and oxygen atoms in total. The summed E-state index contributed by atoms with van der Waals surface area (Å²) in [6.45, 7) is 3.99. The predicted molar refractivity (Wildman–Crippen MR) is 79.1 cm³/mol. The van der Waals surface area contributed by atoms with E-state index < -0.39 is 0 Å². The fraction of sp³-hybridized carbons (Fsp3) is 0.188. The van der Waals surface area contributed by atoms with E-state index in [1.807, 2.05) is 44.2 Å². The van der Waals surface area contributed by atoms with Crippen molar-refractivity contribution in [2.75, 3.05) is 11.1 Å². The van der Waals surface area contributed by atoms with Gasteiger partial charge >= 0.3 is 0 Å². The molecule has 19 heavy (non-hydrogen) atoms. The molecule has 2 aromatic rings. The van der Waals surface area contributed by atoms with E-state index in [0.717, 1.165) is 22.4 Å². The Morgan fingerprint density at radius 3 is 2.47 bits per heavy atom. The first kappa shape index (κ1) is 13.1. The number of benzene rings is 2. The summed E-state index contributed by atoms with van der Waals surface area (Å²) in [7, 11) is 0. The fourth-order valence-electron chi connectivity index (χ4n) is 1.89. The molecule has 0 aliphatic heterocycles. The standard InChI is InChI=1S/C16H18N2O/c1-11-3-4-12(2)15(9-11)18-16(19)10-13-5-7-14(17)8-6-13/h3-9H,10,17H2,1-2H3,(H,18,19). The number of rotatable bonds is 3. The van der Waals surface area contributed by atoms with Gasteiger partial charge in [-0.2, -0.15) is 0 Å². The molecule has 0 aliphatic rings. The van der Waals surface area contributed by atoms with E-state index in [1.165, 1.54) is 0 Å². The van der Waals surface area contributed by atoms with Gasteiger partial charge in [0.1, 0.15) is 0 Å². The van der Waals surface area contributed by atoms with E-state index >= 15 is 0 Å². The van der Waals surface area contributed by atoms with Gasteiger partial charge in [-0.15, -0.1) is 0 Å². The molecule has 3 heteroatoms. The second-order valence-corrected chi connectivity index (χ2v) is 4.78. The van der Waals surface area contributed by atoms with Gasteiger partial charge in [-0.25, -0.2) is 0 Å². The van der Waals surface area contributed by atoms with Gasteiger partial charge in [0.05, 0.1) is 6.42 Å². The predicted octanol–water partition coefficient (Wildman–Crippen LogP) is 3.07. The number of hydrogen-bond donors (Lipinski definition) is 2. The van der Waals surface area contributed by atoms with Crippen LogP contribution < -0.4 is 11.1 Å². The molecule has 0 saturated heterocycles. The van der Waals surface area contributed by atoms with Gasteiger partial charge < -0.3 is 11.1 Å². The molecule has 2 aromatic carbocycles. The molecule has 0 radical (unpaired) electrons. The summed E-state index contributed by atoms with van der Waals surface area (Å²) in [5.41, 5.74) is 10.4. The van der Waals surface area contributed by atoms with Crippen LogP contribution in [0.15, 0.2) is 42.5 Å². The van der Waals surface area contributed by atoms with E-state index in [9.17, 15) is 4.79 Å². The smallest absolute Gasteiger partial charge is 0.228 e. The highest BCUT2D eigenvalue weighted by molar-refractivity contribution is 5.93. The zero-order chi connectivity index (χ0) is 13.8. The maximum atomic E-state index is 12.0. The van der Waals surface area contributed by atoms with Crippen LogP contribution in [0.5, 0.6) is 0 Å². The third kappa shape index (κ3) is 3.58. The second kappa shape index (κ2) is 5.57. The lowest BCUT2D eigenvalue weighted by Crippen LogP contribution is -2.15. The van der Waals surface area contributed by atoms with Crippen LogP contribution in [0.2, 0.25) is 0 Å². The maximum absolute atomic E-state index is 12.0. The van der Waals surface area contributed by atoms with E-state index in [4.69, 9.17) is 5.73 Å². The van der Waals surface area contributed by atoms with Crippen molar-refractivity contribution in [2.45, 2.75) is 20.3 Å². The van der Waals surface area contributed by atoms with E-state index in [-0.39, 0.29) is 5.91 Å². The average molecular weight is 254 g/mol. The van der Waals surface area contributed by atoms with E-state index in [0.29, 0.717) is 12.1 Å². The average Bonchev–Trinajstić information content (AvgIpc) is 2.37. The Morgan fingerprint density at radius 1 is 1.11 bits per heavy atom. The molecule has 98 valence electrons. The monoisotopic (exact) mass is 254 g/mol. The van der Waals surface area contributed by atoms with Crippen LogP contribution in [-0.2, 0) is 11.2 Å². The van der Waals surface area contributed by atoms with Crippen molar-refractivity contribution in [2.24, 2.45) is 0 Å². The van der Waals surface area contributed by atoms with Crippen molar-refractivity contribution in [3.05, 3.63) is 59.2 Å². The highest BCUT2D eigenvalue weighted by Crippen LogP contribution is 2.17. The van der Waals surface area contributed by atoms with Gasteiger partial charge in [-0.1, -0.05) is 24.3 Å². The molecule has 1 amide bonds. The molecule has 0 saturated carbocycles. The van der Waals surface area contributed by atoms with Gasteiger partial charge in [0.2, 0.25) is 5.91 Å². The number of nitrogen functional groups attached to an aromatic ring is 1. The normalized spacial score (nSPS) is 10.2. The van der Waals surface area contributed by atoms with Crippen LogP contribution in [0.4, 0.5) is 11.4 Å². The minimum Gasteiger partial charge on any atom is -0.399 e. The zero-order valence-electron chi connectivity index (χ0n) is 11.2. The van der Waals surface area contributed by atoms with Crippen molar-refractivity contribution in [1.29, 1.82) is 0 Å². The molecule has 0 unspecified atom stereocenters. The summed E-state index contributed by atoms with van der Waals surface area (Å²) in [6.07, 6.45) is 0.355. The van der Waals surface area contributed by atoms with Crippen LogP contribution >= 0.6 is 0 Å². The summed E-state index contributed by atoms with van der Waals surface area (Å²) in [6, 6.07) is 13.4. The Balaban J connectivity index is 2.05. The van der Waals surface area contributed by atoms with Gasteiger partial charge in [0.25, 0.3) is 0 Å². The number of hydrogen-bond acceptors (Lipinski definition) is 2. The van der Waals surface area contributed by atoms with Gasteiger partial charge in [-0.3, -0.25) is 4.79 Å². The number of carbonyl (C=O) groups is 1. The minimum absolute atomic E-state index is 0.0153. The van der Waals surface area contributed by atoms with Crippen LogP contribution in [0, 0.1) is 13.8 Å². The van der Waals surface area contributed by atoms with E-state index in [2.05, 4.69) is 5.32 Å². The molecule has 0 aliphatic carbocycles. The van der Waals surface area contributed by atoms with Crippen molar-refractivity contribution in [1.82, 2.24) is 0 Å². The molecule has 0 spiro atoms. The summed E-state index contributed by atoms with van der Waals surface area (Å²) in [5, 5.41) is 2.94. The Hall–Kier alpha value is -2.29. The third-order valence-electron chi connectivity index (χ3n) is 3.01. The Labute approximate surface area is 113 Å². The third-order valence-corrected chi connectivity index (χ3v) is 3.01. The van der Waals surface area contributed by atoms with Gasteiger partial charge in [0, 0.05) is 11.4 Å². The number of carbonyl (C=O) groups excluding carboxylic acids is 1. The van der Waals surface area contributed by atoms with Crippen molar-refractivity contribution >= 4 is 17.3 Å². The van der Waals surface area contributed by atoms with Crippen LogP contribution in [-0.4, -0.2) is 5.91 Å². The van der Waals surface area contributed by atoms with E-state index in [1.54, 1.807) is 12.1 Å². The fourth-order valence-corrected chi connectivity index (χ4v) is 1.89. The quantitative estimate of drug-likeness (QED) is 0.827. The first-order valence-corrected chi connectivity index (χ1v) is 6.26. The number of aryl methyl sites for hydroxylation is 2. The molecular formula is C16H18N2O. The van der Waals surface area contributed by atoms with Crippen molar-refractivity contribution < 1.29 is 4.79 Å². The van der Waals surface area contributed by atoms with Gasteiger partial charge in [0.15, 0.2) is 0 Å². The first-order valence-electron chi connectivity index (χ1n) is 6.26. The first-order chi connectivity index (χ1) is 9.04. The number of anilines is 2. The molecule has 3 N–H and O–H groups in total. The molecule has 2 rings (SSSR count). The maximum Gasteiger partial charge on any atom is 0.228 e. The molecule has 0 fully saturated rings. The Bertz CT molecular complexity index is 588. The number of nitrogens with one attached hydrogen (secondary N) is 1. The van der Waals surface area contributed by atoms with Crippen LogP contribution in [0.3, 0.4) is 0 Å². The number of nitrogens with two attached hydrogens (primary N) is 1. The molecule has 0 atom stereocenters. The molecule has 0 aromatic heterocycles. The lowest BCUT2D eigenvalue weighted by Gasteiger charge is -2.09. The zero-order valence-corrected chi connectivity index (χ0v) is 11.2. The Kier molecular flexibility index (Phi) is 3.85. The largest absolute Gasteiger partial charge is 0.399 e. The highest BCUT2D eigenvalue weighted by Gasteiger charge is 2.06. The topological polar surface area (TPSA) is 55.1 Å². The molecule has 0 bridgehead atoms. The van der Waals surface area contributed by atoms with Crippen molar-refractivity contribution in [3.63, 3.8) is 0 Å². The van der Waals surface area contributed by atoms with Crippen LogP contribution in [0.25, 0.3) is 0 Å². The highest BCUT2D eigenvalue weighted by atomic mass is 16.1.